The Morgan fingerprint density at radius 3 is 2.82 bits per heavy atom. The fraction of sp³-hybridized carbons (Fsp3) is 0.500. The summed E-state index contributed by atoms with van der Waals surface area (Å²) in [5, 5.41) is 0. The third kappa shape index (κ3) is 1.28. The molecule has 1 aliphatic rings. The van der Waals surface area contributed by atoms with Gasteiger partial charge in [0.25, 0.3) is 0 Å². The Labute approximate surface area is 67.5 Å². The van der Waals surface area contributed by atoms with Crippen LogP contribution in [0, 0.1) is 12.8 Å². The largest absolute Gasteiger partial charge is 0.262 e. The standard InChI is InChI=1S/C10H13N/c1-7-5-10(7)9-3-4-11-8(2)6-9/h3-4,6-7,10H,5H2,1-2H3. The van der Waals surface area contributed by atoms with Crippen molar-refractivity contribution >= 4 is 0 Å². The van der Waals surface area contributed by atoms with Gasteiger partial charge in [-0.1, -0.05) is 6.92 Å². The Hall–Kier alpha value is -0.850. The fourth-order valence-electron chi connectivity index (χ4n) is 1.58. The highest BCUT2D eigenvalue weighted by atomic mass is 14.7. The first-order valence-corrected chi connectivity index (χ1v) is 4.20. The van der Waals surface area contributed by atoms with Gasteiger partial charge in [0.1, 0.15) is 0 Å². The first kappa shape index (κ1) is 6.84. The fourth-order valence-corrected chi connectivity index (χ4v) is 1.58. The molecule has 1 nitrogen and oxygen atoms in total. The summed E-state index contributed by atoms with van der Waals surface area (Å²) in [7, 11) is 0. The van der Waals surface area contributed by atoms with E-state index in [0.717, 1.165) is 17.5 Å². The lowest BCUT2D eigenvalue weighted by molar-refractivity contribution is 0.909. The highest BCUT2D eigenvalue weighted by Crippen LogP contribution is 2.46. The third-order valence-corrected chi connectivity index (χ3v) is 2.46. The summed E-state index contributed by atoms with van der Waals surface area (Å²) in [6.07, 6.45) is 3.28. The summed E-state index contributed by atoms with van der Waals surface area (Å²) < 4.78 is 0. The van der Waals surface area contributed by atoms with Gasteiger partial charge in [-0.3, -0.25) is 4.98 Å². The summed E-state index contributed by atoms with van der Waals surface area (Å²) in [4.78, 5) is 4.18. The van der Waals surface area contributed by atoms with Gasteiger partial charge in [-0.05, 0) is 42.9 Å². The number of hydrogen-bond acceptors (Lipinski definition) is 1. The quantitative estimate of drug-likeness (QED) is 0.594. The molecule has 1 aromatic rings. The van der Waals surface area contributed by atoms with Crippen LogP contribution in [0.4, 0.5) is 0 Å². The summed E-state index contributed by atoms with van der Waals surface area (Å²) in [5.41, 5.74) is 2.62. The second kappa shape index (κ2) is 2.33. The van der Waals surface area contributed by atoms with Crippen LogP contribution < -0.4 is 0 Å². The Balaban J connectivity index is 2.25. The molecule has 1 fully saturated rings. The normalized spacial score (nSPS) is 28.5. The minimum atomic E-state index is 0.830. The van der Waals surface area contributed by atoms with Crippen molar-refractivity contribution in [3.8, 4) is 0 Å². The molecule has 0 spiro atoms. The van der Waals surface area contributed by atoms with Gasteiger partial charge in [0.05, 0.1) is 0 Å². The van der Waals surface area contributed by atoms with Crippen molar-refractivity contribution in [3.05, 3.63) is 29.6 Å². The molecule has 58 valence electrons. The first-order chi connectivity index (χ1) is 5.27. The first-order valence-electron chi connectivity index (χ1n) is 4.20. The summed E-state index contributed by atoms with van der Waals surface area (Å²) >= 11 is 0. The van der Waals surface area contributed by atoms with E-state index >= 15 is 0 Å². The molecule has 2 unspecified atom stereocenters. The van der Waals surface area contributed by atoms with Crippen LogP contribution >= 0.6 is 0 Å². The molecule has 0 aliphatic heterocycles. The molecule has 1 aliphatic carbocycles. The van der Waals surface area contributed by atoms with E-state index in [1.54, 1.807) is 0 Å². The molecule has 1 heterocycles. The Morgan fingerprint density at radius 2 is 2.27 bits per heavy atom. The van der Waals surface area contributed by atoms with Crippen molar-refractivity contribution in [1.82, 2.24) is 4.98 Å². The van der Waals surface area contributed by atoms with Crippen molar-refractivity contribution < 1.29 is 0 Å². The molecule has 0 N–H and O–H groups in total. The lowest BCUT2D eigenvalue weighted by Crippen LogP contribution is -1.85. The van der Waals surface area contributed by atoms with Gasteiger partial charge in [-0.25, -0.2) is 0 Å². The number of rotatable bonds is 1. The van der Waals surface area contributed by atoms with Gasteiger partial charge in [-0.2, -0.15) is 0 Å². The van der Waals surface area contributed by atoms with Gasteiger partial charge in [-0.15, -0.1) is 0 Å². The monoisotopic (exact) mass is 147 g/mol. The Bertz CT molecular complexity index is 267. The molecule has 1 aromatic heterocycles. The molecule has 0 amide bonds. The predicted molar refractivity (Wildman–Crippen MR) is 45.5 cm³/mol. The molecule has 2 rings (SSSR count). The second-order valence-electron chi connectivity index (χ2n) is 3.55. The third-order valence-electron chi connectivity index (χ3n) is 2.46. The van der Waals surface area contributed by atoms with E-state index in [2.05, 4.69) is 31.0 Å². The van der Waals surface area contributed by atoms with E-state index in [1.165, 1.54) is 12.0 Å². The molecule has 1 heteroatoms. The van der Waals surface area contributed by atoms with Crippen LogP contribution in [0.15, 0.2) is 18.3 Å². The topological polar surface area (TPSA) is 12.9 Å². The van der Waals surface area contributed by atoms with Gasteiger partial charge in [0.15, 0.2) is 0 Å². The van der Waals surface area contributed by atoms with Crippen molar-refractivity contribution in [2.45, 2.75) is 26.2 Å². The van der Waals surface area contributed by atoms with Crippen molar-refractivity contribution in [1.29, 1.82) is 0 Å². The Kier molecular flexibility index (Phi) is 1.45. The van der Waals surface area contributed by atoms with Crippen LogP contribution in [-0.4, -0.2) is 4.98 Å². The zero-order chi connectivity index (χ0) is 7.84. The van der Waals surface area contributed by atoms with E-state index < -0.39 is 0 Å². The molecule has 11 heavy (non-hydrogen) atoms. The van der Waals surface area contributed by atoms with Gasteiger partial charge >= 0.3 is 0 Å². The summed E-state index contributed by atoms with van der Waals surface area (Å²) in [6, 6.07) is 4.34. The van der Waals surface area contributed by atoms with E-state index in [9.17, 15) is 0 Å². The Morgan fingerprint density at radius 1 is 1.55 bits per heavy atom. The molecule has 0 radical (unpaired) electrons. The maximum absolute atomic E-state index is 4.18. The zero-order valence-corrected chi connectivity index (χ0v) is 7.04. The zero-order valence-electron chi connectivity index (χ0n) is 7.04. The minimum absolute atomic E-state index is 0.830. The molecule has 2 atom stereocenters. The highest BCUT2D eigenvalue weighted by Gasteiger charge is 2.33. The predicted octanol–water partition coefficient (Wildman–Crippen LogP) is 2.51. The highest BCUT2D eigenvalue weighted by molar-refractivity contribution is 5.25. The average molecular weight is 147 g/mol. The SMILES string of the molecule is Cc1cc(C2CC2C)ccn1. The van der Waals surface area contributed by atoms with Crippen LogP contribution in [0.1, 0.15) is 30.5 Å². The molecular weight excluding hydrogens is 134 g/mol. The molecule has 0 aromatic carbocycles. The molecule has 0 saturated heterocycles. The minimum Gasteiger partial charge on any atom is -0.262 e. The van der Waals surface area contributed by atoms with Gasteiger partial charge in [0, 0.05) is 11.9 Å². The van der Waals surface area contributed by atoms with Crippen LogP contribution in [0.5, 0.6) is 0 Å². The lowest BCUT2D eigenvalue weighted by atomic mass is 10.1. The van der Waals surface area contributed by atoms with E-state index in [4.69, 9.17) is 0 Å². The number of nitrogens with zero attached hydrogens (tertiary/aromatic N) is 1. The number of pyridine rings is 1. The molecular formula is C10H13N. The second-order valence-corrected chi connectivity index (χ2v) is 3.55. The average Bonchev–Trinajstić information content (AvgIpc) is 2.67. The summed E-state index contributed by atoms with van der Waals surface area (Å²) in [5.74, 6) is 1.73. The van der Waals surface area contributed by atoms with Crippen molar-refractivity contribution in [2.75, 3.05) is 0 Å². The van der Waals surface area contributed by atoms with E-state index in [-0.39, 0.29) is 0 Å². The number of hydrogen-bond donors (Lipinski definition) is 0. The summed E-state index contributed by atoms with van der Waals surface area (Å²) in [6.45, 7) is 4.36. The number of aromatic nitrogens is 1. The van der Waals surface area contributed by atoms with Crippen molar-refractivity contribution in [2.24, 2.45) is 5.92 Å². The molecule has 0 bridgehead atoms. The maximum Gasteiger partial charge on any atom is 0.0375 e. The van der Waals surface area contributed by atoms with Crippen molar-refractivity contribution in [3.63, 3.8) is 0 Å². The van der Waals surface area contributed by atoms with Crippen LogP contribution in [0.3, 0.4) is 0 Å². The van der Waals surface area contributed by atoms with E-state index in [1.807, 2.05) is 6.20 Å². The van der Waals surface area contributed by atoms with Gasteiger partial charge < -0.3 is 0 Å². The van der Waals surface area contributed by atoms with Crippen LogP contribution in [-0.2, 0) is 0 Å². The van der Waals surface area contributed by atoms with Crippen LogP contribution in [0.2, 0.25) is 0 Å². The smallest absolute Gasteiger partial charge is 0.0375 e. The van der Waals surface area contributed by atoms with Crippen LogP contribution in [0.25, 0.3) is 0 Å². The number of aryl methyl sites for hydroxylation is 1. The van der Waals surface area contributed by atoms with Gasteiger partial charge in [0.2, 0.25) is 0 Å². The van der Waals surface area contributed by atoms with E-state index in [0.29, 0.717) is 0 Å². The molecule has 1 saturated carbocycles. The maximum atomic E-state index is 4.18. The lowest BCUT2D eigenvalue weighted by Gasteiger charge is -1.97.